The lowest BCUT2D eigenvalue weighted by Gasteiger charge is -2.18. The Kier molecular flexibility index (Phi) is 4.62. The monoisotopic (exact) mass is 414 g/mol. The number of hydrogen-bond donors (Lipinski definition) is 1. The van der Waals surface area contributed by atoms with Crippen molar-refractivity contribution in [2.24, 2.45) is 0 Å². The lowest BCUT2D eigenvalue weighted by Crippen LogP contribution is -2.11. The molecule has 2 heterocycles. The zero-order valence-corrected chi connectivity index (χ0v) is 16.7. The fraction of sp³-hybridized carbons (Fsp3) is 0.286. The summed E-state index contributed by atoms with van der Waals surface area (Å²) in [5.74, 6) is -2.00. The Labute approximate surface area is 171 Å². The predicted molar refractivity (Wildman–Crippen MR) is 101 cm³/mol. The molecule has 1 atom stereocenters. The Morgan fingerprint density at radius 1 is 1.10 bits per heavy atom. The highest BCUT2D eigenvalue weighted by Crippen LogP contribution is 2.54. The van der Waals surface area contributed by atoms with E-state index in [0.717, 1.165) is 0 Å². The molecule has 2 aromatic carbocycles. The minimum absolute atomic E-state index is 0.000537. The fourth-order valence-electron chi connectivity index (χ4n) is 3.63. The molecule has 156 valence electrons. The summed E-state index contributed by atoms with van der Waals surface area (Å²) in [5, 5.41) is 10.6. The molecular weight excluding hydrogens is 396 g/mol. The summed E-state index contributed by atoms with van der Waals surface area (Å²) in [5.41, 5.74) is 0.531. The van der Waals surface area contributed by atoms with Crippen LogP contribution < -0.4 is 14.2 Å². The number of aryl methyl sites for hydroxylation is 1. The van der Waals surface area contributed by atoms with Gasteiger partial charge in [0.25, 0.3) is 0 Å². The van der Waals surface area contributed by atoms with Crippen molar-refractivity contribution in [2.75, 3.05) is 13.7 Å². The largest absolute Gasteiger partial charge is 0.507 e. The van der Waals surface area contributed by atoms with E-state index in [-0.39, 0.29) is 57.4 Å². The molecule has 4 rings (SSSR count). The van der Waals surface area contributed by atoms with Gasteiger partial charge in [-0.3, -0.25) is 4.79 Å². The molecule has 0 unspecified atom stereocenters. The second kappa shape index (κ2) is 7.03. The molecule has 0 bridgehead atoms. The predicted octanol–water partition coefficient (Wildman–Crippen LogP) is 3.36. The van der Waals surface area contributed by atoms with E-state index in [1.807, 2.05) is 0 Å². The van der Waals surface area contributed by atoms with Crippen molar-refractivity contribution in [1.29, 1.82) is 0 Å². The van der Waals surface area contributed by atoms with Crippen molar-refractivity contribution in [3.8, 4) is 28.7 Å². The standard InChI is InChI=1S/C21H18O9/c1-5-27-21-14-13(20(25)30-21)15(23)9(3)16-18(14)28-17-10(7-22)11(26-4)6-8(2)12(17)19(24)29-16/h6-7,21,23H,5H2,1-4H3/t21-/m0/s1. The zero-order valence-electron chi connectivity index (χ0n) is 16.7. The number of rotatable bonds is 4. The number of ether oxygens (including phenoxy) is 5. The van der Waals surface area contributed by atoms with Crippen LogP contribution in [-0.4, -0.2) is 37.0 Å². The van der Waals surface area contributed by atoms with Gasteiger partial charge in [0.1, 0.15) is 22.6 Å². The van der Waals surface area contributed by atoms with Crippen LogP contribution in [0.3, 0.4) is 0 Å². The number of fused-ring (bicyclic) bond motifs is 4. The summed E-state index contributed by atoms with van der Waals surface area (Å²) in [6.07, 6.45) is -0.672. The average Bonchev–Trinajstić information content (AvgIpc) is 2.94. The van der Waals surface area contributed by atoms with Gasteiger partial charge < -0.3 is 28.8 Å². The van der Waals surface area contributed by atoms with E-state index in [1.165, 1.54) is 20.1 Å². The molecule has 0 amide bonds. The van der Waals surface area contributed by atoms with Gasteiger partial charge in [0.05, 0.1) is 18.2 Å². The van der Waals surface area contributed by atoms with Crippen LogP contribution in [0.15, 0.2) is 6.07 Å². The molecule has 0 spiro atoms. The number of hydrogen-bond acceptors (Lipinski definition) is 9. The number of cyclic esters (lactones) is 1. The topological polar surface area (TPSA) is 118 Å². The molecule has 9 heteroatoms. The van der Waals surface area contributed by atoms with E-state index in [9.17, 15) is 19.5 Å². The molecule has 0 radical (unpaired) electrons. The van der Waals surface area contributed by atoms with Crippen LogP contribution in [0, 0.1) is 13.8 Å². The Morgan fingerprint density at radius 2 is 1.83 bits per heavy atom. The van der Waals surface area contributed by atoms with E-state index in [2.05, 4.69) is 0 Å². The molecule has 0 saturated heterocycles. The molecular formula is C21H18O9. The third-order valence-electron chi connectivity index (χ3n) is 5.04. The number of phenols is 1. The summed E-state index contributed by atoms with van der Waals surface area (Å²) < 4.78 is 27.5. The summed E-state index contributed by atoms with van der Waals surface area (Å²) in [4.78, 5) is 37.1. The lowest BCUT2D eigenvalue weighted by molar-refractivity contribution is -0.0999. The van der Waals surface area contributed by atoms with Crippen LogP contribution >= 0.6 is 0 Å². The van der Waals surface area contributed by atoms with Gasteiger partial charge in [0.15, 0.2) is 23.5 Å². The zero-order chi connectivity index (χ0) is 21.7. The second-order valence-electron chi connectivity index (χ2n) is 6.74. The van der Waals surface area contributed by atoms with Crippen molar-refractivity contribution >= 4 is 18.2 Å². The van der Waals surface area contributed by atoms with Crippen LogP contribution in [0.5, 0.6) is 28.7 Å². The lowest BCUT2D eigenvalue weighted by atomic mass is 10.0. The molecule has 9 nitrogen and oxygen atoms in total. The van der Waals surface area contributed by atoms with Gasteiger partial charge in [0.2, 0.25) is 6.29 Å². The first-order valence-electron chi connectivity index (χ1n) is 9.12. The first-order chi connectivity index (χ1) is 14.3. The number of carbonyl (C=O) groups excluding carboxylic acids is 3. The van der Waals surface area contributed by atoms with E-state index >= 15 is 0 Å². The maximum atomic E-state index is 12.9. The Balaban J connectivity index is 2.07. The van der Waals surface area contributed by atoms with Gasteiger partial charge in [0, 0.05) is 12.2 Å². The number of methoxy groups -OCH3 is 1. The van der Waals surface area contributed by atoms with Crippen LogP contribution in [0.25, 0.3) is 0 Å². The van der Waals surface area contributed by atoms with Gasteiger partial charge in [-0.2, -0.15) is 0 Å². The number of carbonyl (C=O) groups is 3. The SMILES string of the molecule is CCO[C@H]1OC(=O)c2c(O)c(C)c3c(c21)Oc1c(C=O)c(OC)cc(C)c1C(=O)O3. The molecule has 2 aromatic rings. The van der Waals surface area contributed by atoms with Crippen LogP contribution in [0.2, 0.25) is 0 Å². The number of aromatic hydroxyl groups is 1. The van der Waals surface area contributed by atoms with Gasteiger partial charge in [-0.25, -0.2) is 9.59 Å². The number of esters is 2. The third-order valence-corrected chi connectivity index (χ3v) is 5.04. The molecule has 1 N–H and O–H groups in total. The fourth-order valence-corrected chi connectivity index (χ4v) is 3.63. The maximum Gasteiger partial charge on any atom is 0.347 e. The molecule has 30 heavy (non-hydrogen) atoms. The summed E-state index contributed by atoms with van der Waals surface area (Å²) in [6, 6.07) is 1.52. The van der Waals surface area contributed by atoms with Crippen molar-refractivity contribution in [1.82, 2.24) is 0 Å². The highest BCUT2D eigenvalue weighted by atomic mass is 16.7. The smallest absolute Gasteiger partial charge is 0.347 e. The quantitative estimate of drug-likeness (QED) is 0.456. The Bertz CT molecular complexity index is 1120. The van der Waals surface area contributed by atoms with Gasteiger partial charge in [-0.05, 0) is 32.4 Å². The van der Waals surface area contributed by atoms with E-state index in [0.29, 0.717) is 11.8 Å². The third kappa shape index (κ3) is 2.62. The van der Waals surface area contributed by atoms with Crippen molar-refractivity contribution in [3.05, 3.63) is 39.4 Å². The number of aldehydes is 1. The van der Waals surface area contributed by atoms with Crippen LogP contribution in [0.1, 0.15) is 61.0 Å². The summed E-state index contributed by atoms with van der Waals surface area (Å²) >= 11 is 0. The molecule has 0 saturated carbocycles. The molecule has 0 fully saturated rings. The summed E-state index contributed by atoms with van der Waals surface area (Å²) in [6.45, 7) is 5.01. The molecule has 0 aromatic heterocycles. The van der Waals surface area contributed by atoms with Crippen molar-refractivity contribution in [2.45, 2.75) is 27.1 Å². The highest BCUT2D eigenvalue weighted by molar-refractivity contribution is 6.03. The van der Waals surface area contributed by atoms with E-state index in [1.54, 1.807) is 13.8 Å². The number of benzene rings is 2. The van der Waals surface area contributed by atoms with Gasteiger partial charge in [-0.1, -0.05) is 0 Å². The minimum Gasteiger partial charge on any atom is -0.507 e. The normalized spacial score (nSPS) is 16.5. The first-order valence-corrected chi connectivity index (χ1v) is 9.12. The maximum absolute atomic E-state index is 12.9. The first kappa shape index (κ1) is 19.7. The van der Waals surface area contributed by atoms with Gasteiger partial charge >= 0.3 is 11.9 Å². The van der Waals surface area contributed by atoms with E-state index < -0.39 is 24.0 Å². The molecule has 2 aliphatic heterocycles. The minimum atomic E-state index is -1.18. The van der Waals surface area contributed by atoms with Gasteiger partial charge in [-0.15, -0.1) is 0 Å². The van der Waals surface area contributed by atoms with E-state index in [4.69, 9.17) is 23.7 Å². The number of phenolic OH excluding ortho intramolecular Hbond substituents is 1. The average molecular weight is 414 g/mol. The second-order valence-corrected chi connectivity index (χ2v) is 6.74. The Morgan fingerprint density at radius 3 is 2.47 bits per heavy atom. The Hall–Kier alpha value is -3.59. The summed E-state index contributed by atoms with van der Waals surface area (Å²) in [7, 11) is 1.38. The van der Waals surface area contributed by atoms with Crippen molar-refractivity contribution in [3.63, 3.8) is 0 Å². The van der Waals surface area contributed by atoms with Crippen LogP contribution in [-0.2, 0) is 9.47 Å². The molecule has 2 aliphatic rings. The highest BCUT2D eigenvalue weighted by Gasteiger charge is 2.43. The van der Waals surface area contributed by atoms with Crippen LogP contribution in [0.4, 0.5) is 0 Å². The molecule has 0 aliphatic carbocycles. The van der Waals surface area contributed by atoms with Crippen molar-refractivity contribution < 1.29 is 43.2 Å².